The predicted octanol–water partition coefficient (Wildman–Crippen LogP) is 2.41. The highest BCUT2D eigenvalue weighted by Gasteiger charge is 2.08. The molecule has 0 unspecified atom stereocenters. The highest BCUT2D eigenvalue weighted by Crippen LogP contribution is 2.16. The number of nitrogens with one attached hydrogen (secondary N) is 1. The third-order valence-electron chi connectivity index (χ3n) is 3.87. The van der Waals surface area contributed by atoms with Gasteiger partial charge in [0.25, 0.3) is 5.91 Å². The third-order valence-corrected chi connectivity index (χ3v) is 3.87. The quantitative estimate of drug-likeness (QED) is 0.751. The maximum absolute atomic E-state index is 11.9. The van der Waals surface area contributed by atoms with Crippen LogP contribution in [0.1, 0.15) is 11.4 Å². The molecule has 3 aromatic rings. The summed E-state index contributed by atoms with van der Waals surface area (Å²) in [7, 11) is 0. The van der Waals surface area contributed by atoms with E-state index in [1.54, 1.807) is 24.3 Å². The lowest BCUT2D eigenvalue weighted by Gasteiger charge is -2.10. The van der Waals surface area contributed by atoms with E-state index in [2.05, 4.69) is 14.9 Å². The zero-order valence-electron chi connectivity index (χ0n) is 13.9. The number of carbonyl (C=O) groups excluding carboxylic acids is 1. The Bertz CT molecular complexity index is 940. The fourth-order valence-electron chi connectivity index (χ4n) is 2.66. The van der Waals surface area contributed by atoms with E-state index in [4.69, 9.17) is 10.00 Å². The third kappa shape index (κ3) is 3.78. The summed E-state index contributed by atoms with van der Waals surface area (Å²) in [4.78, 5) is 16.5. The van der Waals surface area contributed by atoms with E-state index in [1.807, 2.05) is 37.3 Å². The van der Waals surface area contributed by atoms with Crippen molar-refractivity contribution in [3.63, 3.8) is 0 Å². The van der Waals surface area contributed by atoms with E-state index < -0.39 is 0 Å². The minimum atomic E-state index is -0.227. The van der Waals surface area contributed by atoms with Gasteiger partial charge in [0, 0.05) is 13.1 Å². The number of ether oxygens (including phenoxy) is 1. The maximum atomic E-state index is 11.9. The van der Waals surface area contributed by atoms with Gasteiger partial charge in [0.1, 0.15) is 17.6 Å². The first kappa shape index (κ1) is 16.5. The van der Waals surface area contributed by atoms with Crippen LogP contribution in [0.4, 0.5) is 0 Å². The van der Waals surface area contributed by atoms with Gasteiger partial charge in [0.05, 0.1) is 16.6 Å². The Morgan fingerprint density at radius 1 is 1.24 bits per heavy atom. The molecule has 25 heavy (non-hydrogen) atoms. The van der Waals surface area contributed by atoms with E-state index in [1.165, 1.54) is 0 Å². The molecule has 0 aliphatic heterocycles. The second kappa shape index (κ2) is 7.49. The number of nitrogens with zero attached hydrogens (tertiary/aromatic N) is 3. The summed E-state index contributed by atoms with van der Waals surface area (Å²) < 4.78 is 7.49. The van der Waals surface area contributed by atoms with Crippen LogP contribution in [0.2, 0.25) is 0 Å². The molecule has 0 aliphatic rings. The summed E-state index contributed by atoms with van der Waals surface area (Å²) in [6.07, 6.45) is 0. The number of para-hydroxylation sites is 3. The number of fused-ring (bicyclic) bond motifs is 1. The Morgan fingerprint density at radius 2 is 2.00 bits per heavy atom. The number of rotatable bonds is 6. The fraction of sp³-hybridized carbons (Fsp3) is 0.211. The van der Waals surface area contributed by atoms with Crippen LogP contribution in [0.3, 0.4) is 0 Å². The standard InChI is InChI=1S/C19H18N4O2/c1-14-22-16-7-3-4-8-17(16)23(14)11-10-21-19(24)13-25-18-9-5-2-6-15(18)12-20/h2-9H,10-11,13H2,1H3,(H,21,24). The monoisotopic (exact) mass is 334 g/mol. The first-order valence-corrected chi connectivity index (χ1v) is 7.99. The lowest BCUT2D eigenvalue weighted by atomic mass is 10.2. The summed E-state index contributed by atoms with van der Waals surface area (Å²) in [5.41, 5.74) is 2.41. The second-order valence-electron chi connectivity index (χ2n) is 5.55. The molecule has 1 N–H and O–H groups in total. The first-order valence-electron chi connectivity index (χ1n) is 7.99. The summed E-state index contributed by atoms with van der Waals surface area (Å²) in [6.45, 7) is 2.93. The molecule has 1 heterocycles. The summed E-state index contributed by atoms with van der Waals surface area (Å²) in [6, 6.07) is 16.8. The molecule has 1 aromatic heterocycles. The van der Waals surface area contributed by atoms with Crippen LogP contribution < -0.4 is 10.1 Å². The van der Waals surface area contributed by atoms with Crippen LogP contribution >= 0.6 is 0 Å². The number of hydrogen-bond donors (Lipinski definition) is 1. The largest absolute Gasteiger partial charge is 0.482 e. The zero-order valence-corrected chi connectivity index (χ0v) is 13.9. The van der Waals surface area contributed by atoms with Gasteiger partial charge in [-0.05, 0) is 31.2 Å². The highest BCUT2D eigenvalue weighted by molar-refractivity contribution is 5.78. The predicted molar refractivity (Wildman–Crippen MR) is 94.1 cm³/mol. The number of nitriles is 1. The van der Waals surface area contributed by atoms with Crippen LogP contribution in [0.25, 0.3) is 11.0 Å². The molecule has 0 aliphatic carbocycles. The average molecular weight is 334 g/mol. The van der Waals surface area contributed by atoms with Crippen LogP contribution in [-0.4, -0.2) is 28.6 Å². The van der Waals surface area contributed by atoms with Crippen molar-refractivity contribution in [2.45, 2.75) is 13.5 Å². The summed E-state index contributed by atoms with van der Waals surface area (Å²) >= 11 is 0. The number of amides is 1. The lowest BCUT2D eigenvalue weighted by molar-refractivity contribution is -0.123. The normalized spacial score (nSPS) is 10.4. The van der Waals surface area contributed by atoms with E-state index in [9.17, 15) is 4.79 Å². The number of carbonyl (C=O) groups is 1. The Balaban J connectivity index is 1.53. The van der Waals surface area contributed by atoms with Gasteiger partial charge in [-0.3, -0.25) is 4.79 Å². The average Bonchev–Trinajstić information content (AvgIpc) is 2.96. The van der Waals surface area contributed by atoms with Gasteiger partial charge >= 0.3 is 0 Å². The first-order chi connectivity index (χ1) is 12.2. The Hall–Kier alpha value is -3.33. The van der Waals surface area contributed by atoms with Crippen LogP contribution in [0.15, 0.2) is 48.5 Å². The number of imidazole rings is 1. The van der Waals surface area contributed by atoms with Gasteiger partial charge < -0.3 is 14.6 Å². The SMILES string of the molecule is Cc1nc2ccccc2n1CCNC(=O)COc1ccccc1C#N. The topological polar surface area (TPSA) is 79.9 Å². The van der Waals surface area contributed by atoms with Crippen molar-refractivity contribution in [1.29, 1.82) is 5.26 Å². The van der Waals surface area contributed by atoms with Crippen LogP contribution in [0, 0.1) is 18.3 Å². The van der Waals surface area contributed by atoms with Gasteiger partial charge in [-0.1, -0.05) is 24.3 Å². The molecule has 1 amide bonds. The van der Waals surface area contributed by atoms with Gasteiger partial charge in [-0.25, -0.2) is 4.98 Å². The van der Waals surface area contributed by atoms with E-state index >= 15 is 0 Å². The molecule has 0 bridgehead atoms. The van der Waals surface area contributed by atoms with Gasteiger partial charge in [-0.2, -0.15) is 5.26 Å². The maximum Gasteiger partial charge on any atom is 0.258 e. The molecule has 0 saturated heterocycles. The Morgan fingerprint density at radius 3 is 2.84 bits per heavy atom. The number of benzene rings is 2. The number of hydrogen-bond acceptors (Lipinski definition) is 4. The highest BCUT2D eigenvalue weighted by atomic mass is 16.5. The summed E-state index contributed by atoms with van der Waals surface area (Å²) in [5.74, 6) is 1.10. The molecular formula is C19H18N4O2. The minimum Gasteiger partial charge on any atom is -0.482 e. The molecular weight excluding hydrogens is 316 g/mol. The summed E-state index contributed by atoms with van der Waals surface area (Å²) in [5, 5.41) is 11.8. The Labute approximate surface area is 145 Å². The molecule has 6 nitrogen and oxygen atoms in total. The molecule has 0 saturated carbocycles. The molecule has 2 aromatic carbocycles. The van der Waals surface area contributed by atoms with Crippen molar-refractivity contribution in [3.8, 4) is 11.8 Å². The molecule has 0 radical (unpaired) electrons. The zero-order chi connectivity index (χ0) is 17.6. The Kier molecular flexibility index (Phi) is 4.95. The minimum absolute atomic E-state index is 0.123. The van der Waals surface area contributed by atoms with E-state index in [-0.39, 0.29) is 12.5 Å². The molecule has 126 valence electrons. The molecule has 6 heteroatoms. The van der Waals surface area contributed by atoms with Crippen molar-refractivity contribution in [1.82, 2.24) is 14.9 Å². The second-order valence-corrected chi connectivity index (χ2v) is 5.55. The fourth-order valence-corrected chi connectivity index (χ4v) is 2.66. The van der Waals surface area contributed by atoms with E-state index in [0.29, 0.717) is 24.4 Å². The smallest absolute Gasteiger partial charge is 0.258 e. The van der Waals surface area contributed by atoms with Crippen LogP contribution in [-0.2, 0) is 11.3 Å². The van der Waals surface area contributed by atoms with Crippen molar-refractivity contribution in [2.75, 3.05) is 13.2 Å². The molecule has 0 atom stereocenters. The molecule has 0 spiro atoms. The van der Waals surface area contributed by atoms with E-state index in [0.717, 1.165) is 16.9 Å². The van der Waals surface area contributed by atoms with Gasteiger partial charge in [0.2, 0.25) is 0 Å². The molecule has 0 fully saturated rings. The number of aromatic nitrogens is 2. The lowest BCUT2D eigenvalue weighted by Crippen LogP contribution is -2.31. The van der Waals surface area contributed by atoms with Crippen molar-refractivity contribution >= 4 is 16.9 Å². The van der Waals surface area contributed by atoms with Gasteiger partial charge in [-0.15, -0.1) is 0 Å². The van der Waals surface area contributed by atoms with Crippen molar-refractivity contribution in [3.05, 3.63) is 59.9 Å². The number of aryl methyl sites for hydroxylation is 1. The van der Waals surface area contributed by atoms with Gasteiger partial charge in [0.15, 0.2) is 6.61 Å². The van der Waals surface area contributed by atoms with Crippen LogP contribution in [0.5, 0.6) is 5.75 Å². The molecule has 3 rings (SSSR count). The van der Waals surface area contributed by atoms with Crippen molar-refractivity contribution in [2.24, 2.45) is 0 Å². The van der Waals surface area contributed by atoms with Crippen molar-refractivity contribution < 1.29 is 9.53 Å².